The number of hydrogen-bond acceptors (Lipinski definition) is 4. The third-order valence-corrected chi connectivity index (χ3v) is 3.36. The number of aromatic nitrogens is 2. The van der Waals surface area contributed by atoms with Crippen LogP contribution in [0.1, 0.15) is 31.5 Å². The fraction of sp³-hybridized carbons (Fsp3) is 0.583. The molecule has 1 aromatic rings. The molecule has 1 aliphatic heterocycles. The van der Waals surface area contributed by atoms with Gasteiger partial charge >= 0.3 is 5.97 Å². The third kappa shape index (κ3) is 2.79. The molecule has 5 nitrogen and oxygen atoms in total. The molecule has 17 heavy (non-hydrogen) atoms. The highest BCUT2D eigenvalue weighted by molar-refractivity contribution is 5.70. The summed E-state index contributed by atoms with van der Waals surface area (Å²) in [6, 6.07) is 0.130. The lowest BCUT2D eigenvalue weighted by molar-refractivity contribution is -0.143. The summed E-state index contributed by atoms with van der Waals surface area (Å²) in [5.74, 6) is -0.941. The van der Waals surface area contributed by atoms with Crippen molar-refractivity contribution in [3.8, 4) is 0 Å². The molecule has 0 saturated carbocycles. The van der Waals surface area contributed by atoms with E-state index in [-0.39, 0.29) is 12.0 Å². The molecule has 2 atom stereocenters. The van der Waals surface area contributed by atoms with Crippen LogP contribution < -0.4 is 0 Å². The Balaban J connectivity index is 2.05. The van der Waals surface area contributed by atoms with Crippen molar-refractivity contribution in [2.24, 2.45) is 5.92 Å². The van der Waals surface area contributed by atoms with Gasteiger partial charge in [-0.2, -0.15) is 0 Å². The lowest BCUT2D eigenvalue weighted by Crippen LogP contribution is -2.40. The quantitative estimate of drug-likeness (QED) is 0.856. The number of nitrogens with zero attached hydrogens (tertiary/aromatic N) is 3. The van der Waals surface area contributed by atoms with Crippen molar-refractivity contribution in [3.63, 3.8) is 0 Å². The Labute approximate surface area is 100 Å². The van der Waals surface area contributed by atoms with Crippen molar-refractivity contribution in [2.75, 3.05) is 13.1 Å². The van der Waals surface area contributed by atoms with Gasteiger partial charge in [0.1, 0.15) is 0 Å². The number of carboxylic acid groups (broad SMARTS) is 1. The standard InChI is InChI=1S/C12H17N3O2/c1-9(11-7-13-4-5-14-11)15-6-2-3-10(8-15)12(16)17/h4-5,7,9-10H,2-3,6,8H2,1H3,(H,16,17)/t9-,10-/m1/s1. The monoisotopic (exact) mass is 235 g/mol. The zero-order valence-corrected chi connectivity index (χ0v) is 9.91. The molecule has 2 heterocycles. The summed E-state index contributed by atoms with van der Waals surface area (Å²) in [6.45, 7) is 3.59. The number of hydrogen-bond donors (Lipinski definition) is 1. The molecule has 0 radical (unpaired) electrons. The maximum absolute atomic E-state index is 11.0. The van der Waals surface area contributed by atoms with Gasteiger partial charge < -0.3 is 5.11 Å². The molecule has 92 valence electrons. The van der Waals surface area contributed by atoms with Crippen LogP contribution in [0.2, 0.25) is 0 Å². The highest BCUT2D eigenvalue weighted by Crippen LogP contribution is 2.25. The van der Waals surface area contributed by atoms with Gasteiger partial charge in [-0.1, -0.05) is 0 Å². The van der Waals surface area contributed by atoms with Crippen LogP contribution in [-0.2, 0) is 4.79 Å². The van der Waals surface area contributed by atoms with Gasteiger partial charge in [-0.15, -0.1) is 0 Å². The van der Waals surface area contributed by atoms with Crippen LogP contribution >= 0.6 is 0 Å². The zero-order valence-electron chi connectivity index (χ0n) is 9.91. The van der Waals surface area contributed by atoms with E-state index in [1.165, 1.54) is 0 Å². The molecule has 1 saturated heterocycles. The van der Waals surface area contributed by atoms with Crippen molar-refractivity contribution >= 4 is 5.97 Å². The Kier molecular flexibility index (Phi) is 3.68. The van der Waals surface area contributed by atoms with E-state index in [1.54, 1.807) is 18.6 Å². The van der Waals surface area contributed by atoms with E-state index in [0.717, 1.165) is 25.1 Å². The molecule has 1 N–H and O–H groups in total. The molecular weight excluding hydrogens is 218 g/mol. The second-order valence-corrected chi connectivity index (χ2v) is 4.48. The fourth-order valence-electron chi connectivity index (χ4n) is 2.27. The average Bonchev–Trinajstić information content (AvgIpc) is 2.39. The van der Waals surface area contributed by atoms with Crippen LogP contribution in [0, 0.1) is 5.92 Å². The van der Waals surface area contributed by atoms with Crippen LogP contribution in [0.4, 0.5) is 0 Å². The summed E-state index contributed by atoms with van der Waals surface area (Å²) in [5.41, 5.74) is 0.901. The zero-order chi connectivity index (χ0) is 12.3. The summed E-state index contributed by atoms with van der Waals surface area (Å²) >= 11 is 0. The Bertz CT molecular complexity index is 383. The molecule has 0 bridgehead atoms. The van der Waals surface area contributed by atoms with Gasteiger partial charge in [0, 0.05) is 25.1 Å². The smallest absolute Gasteiger partial charge is 0.307 e. The summed E-state index contributed by atoms with van der Waals surface area (Å²) in [7, 11) is 0. The molecule has 0 aliphatic carbocycles. The first-order chi connectivity index (χ1) is 8.18. The van der Waals surface area contributed by atoms with Gasteiger partial charge in [-0.3, -0.25) is 19.7 Å². The number of rotatable bonds is 3. The van der Waals surface area contributed by atoms with E-state index >= 15 is 0 Å². The van der Waals surface area contributed by atoms with Gasteiger partial charge in [-0.25, -0.2) is 0 Å². The van der Waals surface area contributed by atoms with E-state index in [4.69, 9.17) is 5.11 Å². The molecule has 5 heteroatoms. The number of carbonyl (C=O) groups is 1. The molecule has 0 unspecified atom stereocenters. The molecule has 0 aromatic carbocycles. The predicted octanol–water partition coefficient (Wildman–Crippen LogP) is 1.33. The SMILES string of the molecule is C[C@H](c1cnccn1)N1CCC[C@@H](C(=O)O)C1. The van der Waals surface area contributed by atoms with Crippen molar-refractivity contribution in [3.05, 3.63) is 24.3 Å². The van der Waals surface area contributed by atoms with E-state index in [0.29, 0.717) is 6.54 Å². The Morgan fingerprint density at radius 3 is 3.06 bits per heavy atom. The second kappa shape index (κ2) is 5.23. The predicted molar refractivity (Wildman–Crippen MR) is 62.4 cm³/mol. The van der Waals surface area contributed by atoms with E-state index < -0.39 is 5.97 Å². The minimum absolute atomic E-state index is 0.130. The number of carboxylic acids is 1. The molecule has 0 amide bonds. The van der Waals surface area contributed by atoms with Crippen molar-refractivity contribution < 1.29 is 9.90 Å². The topological polar surface area (TPSA) is 66.3 Å². The molecule has 0 spiro atoms. The average molecular weight is 235 g/mol. The van der Waals surface area contributed by atoms with Crippen molar-refractivity contribution in [1.29, 1.82) is 0 Å². The summed E-state index contributed by atoms with van der Waals surface area (Å²) in [4.78, 5) is 21.5. The highest BCUT2D eigenvalue weighted by Gasteiger charge is 2.28. The number of piperidine rings is 1. The summed E-state index contributed by atoms with van der Waals surface area (Å²) in [5, 5.41) is 9.05. The molecule has 1 aromatic heterocycles. The molecule has 1 aliphatic rings. The van der Waals surface area contributed by atoms with Crippen LogP contribution in [-0.4, -0.2) is 39.0 Å². The first-order valence-corrected chi connectivity index (χ1v) is 5.91. The summed E-state index contributed by atoms with van der Waals surface area (Å²) in [6.07, 6.45) is 6.77. The van der Waals surface area contributed by atoms with Gasteiger partial charge in [0.05, 0.1) is 17.7 Å². The van der Waals surface area contributed by atoms with Gasteiger partial charge in [0.2, 0.25) is 0 Å². The number of aliphatic carboxylic acids is 1. The largest absolute Gasteiger partial charge is 0.481 e. The normalized spacial score (nSPS) is 23.2. The maximum Gasteiger partial charge on any atom is 0.307 e. The van der Waals surface area contributed by atoms with Crippen LogP contribution in [0.3, 0.4) is 0 Å². The lowest BCUT2D eigenvalue weighted by atomic mass is 9.96. The van der Waals surface area contributed by atoms with Crippen molar-refractivity contribution in [1.82, 2.24) is 14.9 Å². The third-order valence-electron chi connectivity index (χ3n) is 3.36. The number of likely N-dealkylation sites (tertiary alicyclic amines) is 1. The Morgan fingerprint density at radius 2 is 2.41 bits per heavy atom. The summed E-state index contributed by atoms with van der Waals surface area (Å²) < 4.78 is 0. The van der Waals surface area contributed by atoms with Gasteiger partial charge in [0.25, 0.3) is 0 Å². The van der Waals surface area contributed by atoms with E-state index in [1.807, 2.05) is 6.92 Å². The first kappa shape index (κ1) is 12.0. The fourth-order valence-corrected chi connectivity index (χ4v) is 2.27. The van der Waals surface area contributed by atoms with E-state index in [9.17, 15) is 4.79 Å². The molecular formula is C12H17N3O2. The lowest BCUT2D eigenvalue weighted by Gasteiger charge is -2.34. The van der Waals surface area contributed by atoms with Gasteiger partial charge in [-0.05, 0) is 26.3 Å². The maximum atomic E-state index is 11.0. The Hall–Kier alpha value is -1.49. The van der Waals surface area contributed by atoms with Crippen molar-refractivity contribution in [2.45, 2.75) is 25.8 Å². The Morgan fingerprint density at radius 1 is 1.59 bits per heavy atom. The second-order valence-electron chi connectivity index (χ2n) is 4.48. The van der Waals surface area contributed by atoms with E-state index in [2.05, 4.69) is 14.9 Å². The minimum atomic E-state index is -0.693. The molecule has 1 fully saturated rings. The minimum Gasteiger partial charge on any atom is -0.481 e. The van der Waals surface area contributed by atoms with Crippen LogP contribution in [0.5, 0.6) is 0 Å². The van der Waals surface area contributed by atoms with Crippen LogP contribution in [0.25, 0.3) is 0 Å². The van der Waals surface area contributed by atoms with Crippen LogP contribution in [0.15, 0.2) is 18.6 Å². The molecule has 2 rings (SSSR count). The first-order valence-electron chi connectivity index (χ1n) is 5.91. The van der Waals surface area contributed by atoms with Gasteiger partial charge in [0.15, 0.2) is 0 Å². The highest BCUT2D eigenvalue weighted by atomic mass is 16.4.